The zero-order valence-corrected chi connectivity index (χ0v) is 15.4. The normalized spacial score (nSPS) is 21.8. The van der Waals surface area contributed by atoms with Crippen LogP contribution < -0.4 is 4.74 Å². The summed E-state index contributed by atoms with van der Waals surface area (Å²) in [5, 5.41) is 5.68. The molecule has 3 aromatic rings. The molecule has 0 radical (unpaired) electrons. The van der Waals surface area contributed by atoms with Gasteiger partial charge >= 0.3 is 0 Å². The zero-order valence-electron chi connectivity index (χ0n) is 13.8. The molecule has 0 aliphatic carbocycles. The van der Waals surface area contributed by atoms with Crippen molar-refractivity contribution in [2.75, 3.05) is 13.2 Å². The summed E-state index contributed by atoms with van der Waals surface area (Å²) in [5.74, 6) is 1.15. The minimum absolute atomic E-state index is 0.0357. The molecule has 2 atom stereocenters. The molecule has 0 bridgehead atoms. The van der Waals surface area contributed by atoms with E-state index >= 15 is 0 Å². The lowest BCUT2D eigenvalue weighted by Crippen LogP contribution is -2.23. The van der Waals surface area contributed by atoms with Gasteiger partial charge in [0.05, 0.1) is 24.2 Å². The number of hydrogen-bond donors (Lipinski definition) is 0. The molecule has 25 heavy (non-hydrogen) atoms. The van der Waals surface area contributed by atoms with Gasteiger partial charge in [-0.25, -0.2) is 0 Å². The van der Waals surface area contributed by atoms with E-state index in [4.69, 9.17) is 9.57 Å². The Balaban J connectivity index is 1.80. The molecule has 0 saturated heterocycles. The van der Waals surface area contributed by atoms with Gasteiger partial charge < -0.3 is 14.1 Å². The molecule has 126 valence electrons. The Bertz CT molecular complexity index is 1010. The lowest BCUT2D eigenvalue weighted by Gasteiger charge is -2.18. The predicted octanol–water partition coefficient (Wildman–Crippen LogP) is 4.47. The van der Waals surface area contributed by atoms with E-state index in [0.29, 0.717) is 13.2 Å². The van der Waals surface area contributed by atoms with Crippen molar-refractivity contribution in [3.8, 4) is 5.75 Å². The second-order valence-corrected chi connectivity index (χ2v) is 7.56. The number of ether oxygens (including phenoxy) is 1. The highest BCUT2D eigenvalue weighted by molar-refractivity contribution is 9.10. The van der Waals surface area contributed by atoms with Crippen LogP contribution >= 0.6 is 15.9 Å². The van der Waals surface area contributed by atoms with Gasteiger partial charge in [0.2, 0.25) is 0 Å². The third kappa shape index (κ3) is 2.29. The number of para-hydroxylation sites is 1. The second-order valence-electron chi connectivity index (χ2n) is 6.65. The van der Waals surface area contributed by atoms with Gasteiger partial charge in [0.1, 0.15) is 12.4 Å². The monoisotopic (exact) mass is 396 g/mol. The molecule has 0 amide bonds. The molecule has 5 rings (SSSR count). The molecule has 0 N–H and O–H groups in total. The number of oxime groups is 1. The number of nitrogens with zero attached hydrogens (tertiary/aromatic N) is 2. The fourth-order valence-electron chi connectivity index (χ4n) is 3.94. The van der Waals surface area contributed by atoms with Crippen molar-refractivity contribution < 1.29 is 9.57 Å². The first-order chi connectivity index (χ1) is 12.2. The summed E-state index contributed by atoms with van der Waals surface area (Å²) < 4.78 is 9.32. The van der Waals surface area contributed by atoms with Gasteiger partial charge in [-0.15, -0.1) is 0 Å². The highest BCUT2D eigenvalue weighted by Gasteiger charge is 2.38. The minimum atomic E-state index is 0.0357. The molecular weight excluding hydrogens is 380 g/mol. The summed E-state index contributed by atoms with van der Waals surface area (Å²) in [5.41, 5.74) is 4.66. The van der Waals surface area contributed by atoms with E-state index < -0.39 is 0 Å². The van der Waals surface area contributed by atoms with E-state index in [9.17, 15) is 0 Å². The van der Waals surface area contributed by atoms with Crippen LogP contribution in [0.2, 0.25) is 0 Å². The van der Waals surface area contributed by atoms with Crippen LogP contribution in [0.15, 0.2) is 58.3 Å². The molecule has 2 aromatic carbocycles. The fourth-order valence-corrected chi connectivity index (χ4v) is 4.32. The molecule has 2 aliphatic heterocycles. The predicted molar refractivity (Wildman–Crippen MR) is 101 cm³/mol. The zero-order chi connectivity index (χ0) is 17.0. The quantitative estimate of drug-likeness (QED) is 0.608. The number of aryl methyl sites for hydroxylation is 1. The smallest absolute Gasteiger partial charge is 0.128 e. The van der Waals surface area contributed by atoms with Crippen molar-refractivity contribution in [1.82, 2.24) is 4.57 Å². The van der Waals surface area contributed by atoms with Crippen LogP contribution in [0.25, 0.3) is 10.9 Å². The van der Waals surface area contributed by atoms with Crippen LogP contribution in [0.5, 0.6) is 5.75 Å². The first-order valence-electron chi connectivity index (χ1n) is 8.38. The average molecular weight is 397 g/mol. The molecule has 5 heteroatoms. The molecule has 0 unspecified atom stereocenters. The molecule has 1 aromatic heterocycles. The highest BCUT2D eigenvalue weighted by Crippen LogP contribution is 2.43. The number of rotatable bonds is 1. The third-order valence-electron chi connectivity index (χ3n) is 5.12. The Hall–Kier alpha value is -2.27. The Labute approximate surface area is 154 Å². The topological polar surface area (TPSA) is 35.8 Å². The SMILES string of the molecule is Cn1cc([C@H]2C3=NOC[C@@H]3COc3ccc(Br)cc32)c2ccccc21. The van der Waals surface area contributed by atoms with Crippen molar-refractivity contribution in [2.24, 2.45) is 18.1 Å². The molecule has 2 aliphatic rings. The van der Waals surface area contributed by atoms with Gasteiger partial charge in [0.25, 0.3) is 0 Å². The van der Waals surface area contributed by atoms with Crippen LogP contribution in [0.1, 0.15) is 17.0 Å². The first kappa shape index (κ1) is 15.0. The van der Waals surface area contributed by atoms with Gasteiger partial charge in [-0.3, -0.25) is 0 Å². The average Bonchev–Trinajstić information content (AvgIpc) is 3.17. The van der Waals surface area contributed by atoms with Crippen molar-refractivity contribution in [1.29, 1.82) is 0 Å². The largest absolute Gasteiger partial charge is 0.492 e. The van der Waals surface area contributed by atoms with E-state index in [-0.39, 0.29) is 11.8 Å². The van der Waals surface area contributed by atoms with Crippen molar-refractivity contribution in [3.05, 3.63) is 64.3 Å². The summed E-state index contributed by atoms with van der Waals surface area (Å²) in [7, 11) is 2.09. The molecule has 3 heterocycles. The molecule has 4 nitrogen and oxygen atoms in total. The summed E-state index contributed by atoms with van der Waals surface area (Å²) in [6.45, 7) is 1.19. The number of fused-ring (bicyclic) bond motifs is 3. The highest BCUT2D eigenvalue weighted by atomic mass is 79.9. The number of hydrogen-bond acceptors (Lipinski definition) is 3. The van der Waals surface area contributed by atoms with E-state index in [1.165, 1.54) is 16.5 Å². The van der Waals surface area contributed by atoms with Gasteiger partial charge in [-0.05, 0) is 29.8 Å². The van der Waals surface area contributed by atoms with Crippen LogP contribution in [0.3, 0.4) is 0 Å². The Kier molecular flexibility index (Phi) is 3.38. The molecule has 0 saturated carbocycles. The van der Waals surface area contributed by atoms with Gasteiger partial charge in [0, 0.05) is 34.2 Å². The Morgan fingerprint density at radius 1 is 1.12 bits per heavy atom. The minimum Gasteiger partial charge on any atom is -0.492 e. The van der Waals surface area contributed by atoms with E-state index in [1.807, 2.05) is 12.1 Å². The van der Waals surface area contributed by atoms with Crippen molar-refractivity contribution in [2.45, 2.75) is 5.92 Å². The first-order valence-corrected chi connectivity index (χ1v) is 9.17. The molecule has 0 fully saturated rings. The standard InChI is InChI=1S/C20H17BrN2O2/c1-23-9-16(14-4-2-3-5-17(14)23)19-15-8-13(21)6-7-18(15)24-10-12-11-25-22-20(12)19/h2-9,12,19H,10-11H2,1H3/t12-,19-/m0/s1. The summed E-state index contributed by atoms with van der Waals surface area (Å²) >= 11 is 3.61. The van der Waals surface area contributed by atoms with Crippen LogP contribution in [-0.2, 0) is 11.9 Å². The van der Waals surface area contributed by atoms with Crippen LogP contribution in [0, 0.1) is 5.92 Å². The summed E-state index contributed by atoms with van der Waals surface area (Å²) in [4.78, 5) is 5.45. The summed E-state index contributed by atoms with van der Waals surface area (Å²) in [6.07, 6.45) is 2.21. The van der Waals surface area contributed by atoms with Crippen molar-refractivity contribution in [3.63, 3.8) is 0 Å². The number of benzene rings is 2. The Morgan fingerprint density at radius 3 is 2.92 bits per heavy atom. The van der Waals surface area contributed by atoms with Crippen LogP contribution in [0.4, 0.5) is 0 Å². The fraction of sp³-hybridized carbons (Fsp3) is 0.250. The van der Waals surface area contributed by atoms with E-state index in [2.05, 4.69) is 69.2 Å². The molecule has 0 spiro atoms. The van der Waals surface area contributed by atoms with Gasteiger partial charge in [-0.2, -0.15) is 0 Å². The van der Waals surface area contributed by atoms with E-state index in [0.717, 1.165) is 21.5 Å². The number of halogens is 1. The van der Waals surface area contributed by atoms with Gasteiger partial charge in [0.15, 0.2) is 0 Å². The second kappa shape index (κ2) is 5.63. The maximum atomic E-state index is 6.10. The maximum Gasteiger partial charge on any atom is 0.128 e. The van der Waals surface area contributed by atoms with E-state index in [1.54, 1.807) is 0 Å². The molecular formula is C20H17BrN2O2. The van der Waals surface area contributed by atoms with Gasteiger partial charge in [-0.1, -0.05) is 39.3 Å². The third-order valence-corrected chi connectivity index (χ3v) is 5.61. The maximum absolute atomic E-state index is 6.10. The van der Waals surface area contributed by atoms with Crippen molar-refractivity contribution >= 4 is 32.5 Å². The van der Waals surface area contributed by atoms with Crippen LogP contribution in [-0.4, -0.2) is 23.5 Å². The lowest BCUT2D eigenvalue weighted by molar-refractivity contribution is 0.137. The Morgan fingerprint density at radius 2 is 2.00 bits per heavy atom. The lowest BCUT2D eigenvalue weighted by atomic mass is 9.82. The summed E-state index contributed by atoms with van der Waals surface area (Å²) in [6, 6.07) is 14.7. The number of aromatic nitrogens is 1.